The number of rotatable bonds is 7. The molecule has 186 valence electrons. The molecular weight excluding hydrogens is 459 g/mol. The van der Waals surface area contributed by atoms with E-state index in [1.165, 1.54) is 6.33 Å². The zero-order valence-electron chi connectivity index (χ0n) is 20.3. The molecule has 1 aliphatic rings. The van der Waals surface area contributed by atoms with E-state index in [9.17, 15) is 0 Å². The van der Waals surface area contributed by atoms with Crippen molar-refractivity contribution in [1.82, 2.24) is 19.5 Å². The first kappa shape index (κ1) is 23.7. The van der Waals surface area contributed by atoms with E-state index in [-0.39, 0.29) is 13.0 Å². The third-order valence-corrected chi connectivity index (χ3v) is 6.42. The number of nitrogen functional groups attached to an aromatic ring is 2. The van der Waals surface area contributed by atoms with Crippen LogP contribution in [0, 0.1) is 0 Å². The predicted molar refractivity (Wildman–Crippen MR) is 140 cm³/mol. The maximum absolute atomic E-state index is 15.2. The standard InChI is InChI=1S/C27H29FN6O2/c1-4-6-15(3)20-12-34(26-24(20)25(30)31-14-32-26)27-21(28)10-18(36-27)13-35-17-7-8-19-22(29)9-16(5-2)33-23(19)11-17/h4,6-9,11-12,14,18,21,27H,3,5,10,13H2,1-2H3,(H2,29,33)(H2,30,31,32)/b6-4-/t18-,21-,27+/m0/s1. The first-order valence-corrected chi connectivity index (χ1v) is 11.9. The Hall–Kier alpha value is -3.98. The van der Waals surface area contributed by atoms with Crippen LogP contribution >= 0.6 is 0 Å². The van der Waals surface area contributed by atoms with Crippen molar-refractivity contribution in [3.63, 3.8) is 0 Å². The fourth-order valence-corrected chi connectivity index (χ4v) is 4.64. The fourth-order valence-electron chi connectivity index (χ4n) is 4.64. The Morgan fingerprint density at radius 3 is 2.92 bits per heavy atom. The zero-order chi connectivity index (χ0) is 25.4. The molecule has 4 aromatic rings. The molecule has 0 radical (unpaired) electrons. The van der Waals surface area contributed by atoms with Gasteiger partial charge in [-0.2, -0.15) is 0 Å². The number of pyridine rings is 1. The maximum atomic E-state index is 15.2. The number of aryl methyl sites for hydroxylation is 1. The number of benzene rings is 1. The van der Waals surface area contributed by atoms with E-state index in [1.807, 2.05) is 50.3 Å². The molecule has 1 aliphatic heterocycles. The summed E-state index contributed by atoms with van der Waals surface area (Å²) in [7, 11) is 0. The van der Waals surface area contributed by atoms with Gasteiger partial charge in [0.1, 0.15) is 36.3 Å². The number of nitrogens with two attached hydrogens (primary N) is 2. The number of aromatic nitrogens is 4. The number of nitrogens with zero attached hydrogens (tertiary/aromatic N) is 4. The van der Waals surface area contributed by atoms with Crippen molar-refractivity contribution < 1.29 is 13.9 Å². The summed E-state index contributed by atoms with van der Waals surface area (Å²) in [5.41, 5.74) is 16.6. The van der Waals surface area contributed by atoms with Crippen LogP contribution in [0.5, 0.6) is 5.75 Å². The Balaban J connectivity index is 1.36. The molecule has 5 rings (SSSR count). The van der Waals surface area contributed by atoms with Crippen molar-refractivity contribution in [2.45, 2.75) is 45.2 Å². The van der Waals surface area contributed by atoms with Crippen LogP contribution in [0.3, 0.4) is 0 Å². The Morgan fingerprint density at radius 1 is 1.31 bits per heavy atom. The van der Waals surface area contributed by atoms with Crippen LogP contribution in [0.2, 0.25) is 0 Å². The van der Waals surface area contributed by atoms with Crippen molar-refractivity contribution in [3.05, 3.63) is 66.8 Å². The van der Waals surface area contributed by atoms with Crippen molar-refractivity contribution in [3.8, 4) is 5.75 Å². The van der Waals surface area contributed by atoms with Crippen LogP contribution in [0.25, 0.3) is 27.5 Å². The number of anilines is 2. The smallest absolute Gasteiger partial charge is 0.167 e. The van der Waals surface area contributed by atoms with Crippen LogP contribution in [0.1, 0.15) is 37.8 Å². The molecule has 9 heteroatoms. The number of hydrogen-bond acceptors (Lipinski definition) is 7. The van der Waals surface area contributed by atoms with E-state index in [4.69, 9.17) is 20.9 Å². The van der Waals surface area contributed by atoms with Crippen LogP contribution in [0.15, 0.2) is 55.5 Å². The highest BCUT2D eigenvalue weighted by Crippen LogP contribution is 2.38. The van der Waals surface area contributed by atoms with Gasteiger partial charge in [-0.15, -0.1) is 0 Å². The maximum Gasteiger partial charge on any atom is 0.167 e. The van der Waals surface area contributed by atoms with Gasteiger partial charge in [0.15, 0.2) is 6.23 Å². The van der Waals surface area contributed by atoms with Crippen LogP contribution in [-0.2, 0) is 11.2 Å². The Bertz CT molecular complexity index is 1480. The molecule has 1 aromatic carbocycles. The van der Waals surface area contributed by atoms with E-state index < -0.39 is 18.5 Å². The fraction of sp³-hybridized carbons (Fsp3) is 0.296. The first-order valence-electron chi connectivity index (χ1n) is 11.9. The van der Waals surface area contributed by atoms with Gasteiger partial charge < -0.3 is 25.5 Å². The van der Waals surface area contributed by atoms with Crippen molar-refractivity contribution in [1.29, 1.82) is 0 Å². The normalized spacial score (nSPS) is 20.0. The van der Waals surface area contributed by atoms with E-state index in [1.54, 1.807) is 10.8 Å². The van der Waals surface area contributed by atoms with E-state index >= 15 is 4.39 Å². The molecule has 4 N–H and O–H groups in total. The molecule has 1 fully saturated rings. The van der Waals surface area contributed by atoms with Crippen LogP contribution < -0.4 is 16.2 Å². The molecular formula is C27H29FN6O2. The molecule has 36 heavy (non-hydrogen) atoms. The number of alkyl halides is 1. The SMILES string of the molecule is C=C(/C=C\C)c1cn([C@@H]2O[C@H](COc3ccc4c(N)cc(CC)nc4c3)C[C@@H]2F)c2ncnc(N)c12. The number of hydrogen-bond donors (Lipinski definition) is 2. The molecule has 0 amide bonds. The average Bonchev–Trinajstić information content (AvgIpc) is 3.43. The third-order valence-electron chi connectivity index (χ3n) is 6.42. The van der Waals surface area contributed by atoms with Crippen LogP contribution in [-0.4, -0.2) is 38.4 Å². The highest BCUT2D eigenvalue weighted by atomic mass is 19.1. The van der Waals surface area contributed by atoms with Crippen molar-refractivity contribution >= 4 is 39.0 Å². The van der Waals surface area contributed by atoms with Gasteiger partial charge in [-0.3, -0.25) is 4.98 Å². The summed E-state index contributed by atoms with van der Waals surface area (Å²) < 4.78 is 29.0. The highest BCUT2D eigenvalue weighted by Gasteiger charge is 2.38. The van der Waals surface area contributed by atoms with E-state index in [0.717, 1.165) is 34.2 Å². The molecule has 8 nitrogen and oxygen atoms in total. The number of ether oxygens (including phenoxy) is 2. The number of halogens is 1. The number of allylic oxidation sites excluding steroid dienone is 3. The van der Waals surface area contributed by atoms with Gasteiger partial charge in [0.25, 0.3) is 0 Å². The molecule has 1 saturated heterocycles. The minimum atomic E-state index is -1.25. The lowest BCUT2D eigenvalue weighted by Gasteiger charge is -2.17. The summed E-state index contributed by atoms with van der Waals surface area (Å²) in [6.07, 6.45) is 5.30. The Kier molecular flexibility index (Phi) is 6.32. The monoisotopic (exact) mass is 488 g/mol. The van der Waals surface area contributed by atoms with E-state index in [2.05, 4.69) is 21.5 Å². The summed E-state index contributed by atoms with van der Waals surface area (Å²) in [5.74, 6) is 0.937. The third kappa shape index (κ3) is 4.26. The largest absolute Gasteiger partial charge is 0.491 e. The molecule has 0 bridgehead atoms. The molecule has 3 atom stereocenters. The minimum Gasteiger partial charge on any atom is -0.491 e. The molecule has 0 spiro atoms. The predicted octanol–water partition coefficient (Wildman–Crippen LogP) is 5.00. The van der Waals surface area contributed by atoms with E-state index in [0.29, 0.717) is 28.3 Å². The summed E-state index contributed by atoms with van der Waals surface area (Å²) in [4.78, 5) is 13.1. The molecule has 0 aliphatic carbocycles. The van der Waals surface area contributed by atoms with Gasteiger partial charge in [0.2, 0.25) is 0 Å². The molecule has 3 aromatic heterocycles. The minimum absolute atomic E-state index is 0.189. The average molecular weight is 489 g/mol. The lowest BCUT2D eigenvalue weighted by Crippen LogP contribution is -2.19. The molecule has 0 saturated carbocycles. The molecule has 4 heterocycles. The van der Waals surface area contributed by atoms with Crippen molar-refractivity contribution in [2.24, 2.45) is 0 Å². The quantitative estimate of drug-likeness (QED) is 0.352. The van der Waals surface area contributed by atoms with Gasteiger partial charge in [0.05, 0.1) is 17.0 Å². The first-order chi connectivity index (χ1) is 17.4. The second-order valence-electron chi connectivity index (χ2n) is 8.88. The summed E-state index contributed by atoms with van der Waals surface area (Å²) in [5, 5.41) is 1.50. The molecule has 0 unspecified atom stereocenters. The lowest BCUT2D eigenvalue weighted by molar-refractivity contribution is -0.0310. The van der Waals surface area contributed by atoms with Gasteiger partial charge in [0, 0.05) is 41.0 Å². The van der Waals surface area contributed by atoms with Gasteiger partial charge in [-0.05, 0) is 37.1 Å². The topological polar surface area (TPSA) is 114 Å². The summed E-state index contributed by atoms with van der Waals surface area (Å²) in [6, 6.07) is 7.46. The highest BCUT2D eigenvalue weighted by molar-refractivity contribution is 5.99. The number of fused-ring (bicyclic) bond motifs is 2. The van der Waals surface area contributed by atoms with Crippen LogP contribution in [0.4, 0.5) is 15.9 Å². The zero-order valence-corrected chi connectivity index (χ0v) is 20.3. The second-order valence-corrected chi connectivity index (χ2v) is 8.88. The lowest BCUT2D eigenvalue weighted by atomic mass is 10.1. The Labute approximate surface area is 208 Å². The van der Waals surface area contributed by atoms with Crippen molar-refractivity contribution in [2.75, 3.05) is 18.1 Å². The van der Waals surface area contributed by atoms with Gasteiger partial charge >= 0.3 is 0 Å². The second kappa shape index (κ2) is 9.58. The summed E-state index contributed by atoms with van der Waals surface area (Å²) >= 11 is 0. The van der Waals surface area contributed by atoms with Gasteiger partial charge in [-0.25, -0.2) is 14.4 Å². The Morgan fingerprint density at radius 2 is 2.14 bits per heavy atom. The summed E-state index contributed by atoms with van der Waals surface area (Å²) in [6.45, 7) is 8.23. The van der Waals surface area contributed by atoms with Gasteiger partial charge in [-0.1, -0.05) is 25.7 Å².